The molecule has 0 aliphatic carbocycles. The van der Waals surface area contributed by atoms with E-state index in [1.54, 1.807) is 16.8 Å². The van der Waals surface area contributed by atoms with Crippen molar-refractivity contribution in [3.05, 3.63) is 66.1 Å². The lowest BCUT2D eigenvalue weighted by atomic mass is 10.1. The van der Waals surface area contributed by atoms with Gasteiger partial charge in [0.1, 0.15) is 11.9 Å². The van der Waals surface area contributed by atoms with Crippen LogP contribution >= 0.6 is 0 Å². The highest BCUT2D eigenvalue weighted by atomic mass is 19.1. The van der Waals surface area contributed by atoms with Crippen LogP contribution in [0.1, 0.15) is 5.56 Å². The van der Waals surface area contributed by atoms with E-state index in [1.807, 2.05) is 36.4 Å². The van der Waals surface area contributed by atoms with Gasteiger partial charge in [-0.05, 0) is 18.2 Å². The lowest BCUT2D eigenvalue weighted by Crippen LogP contribution is -2.00. The van der Waals surface area contributed by atoms with Crippen molar-refractivity contribution >= 4 is 0 Å². The van der Waals surface area contributed by atoms with Crippen molar-refractivity contribution in [3.8, 4) is 23.0 Å². The number of hydrogen-bond donors (Lipinski definition) is 0. The SMILES string of the molecule is N#Cc1c(F)cccc1-c1cnnn1-c1ccccc1. The number of halogens is 1. The van der Waals surface area contributed by atoms with Crippen LogP contribution < -0.4 is 0 Å². The summed E-state index contributed by atoms with van der Waals surface area (Å²) < 4.78 is 15.3. The van der Waals surface area contributed by atoms with Crippen LogP contribution in [0.4, 0.5) is 4.39 Å². The molecular weight excluding hydrogens is 255 g/mol. The second kappa shape index (κ2) is 4.94. The number of nitrogens with zero attached hydrogens (tertiary/aromatic N) is 4. The molecule has 20 heavy (non-hydrogen) atoms. The van der Waals surface area contributed by atoms with Gasteiger partial charge in [0.05, 0.1) is 23.1 Å². The first-order chi connectivity index (χ1) is 9.81. The zero-order valence-corrected chi connectivity index (χ0v) is 10.4. The standard InChI is InChI=1S/C15H9FN4/c16-14-8-4-7-12(13(14)9-17)15-10-18-19-20(15)11-5-2-1-3-6-11/h1-8,10H. The van der Waals surface area contributed by atoms with E-state index >= 15 is 0 Å². The lowest BCUT2D eigenvalue weighted by Gasteiger charge is -2.07. The van der Waals surface area contributed by atoms with Crippen molar-refractivity contribution in [1.29, 1.82) is 5.26 Å². The fourth-order valence-corrected chi connectivity index (χ4v) is 2.03. The van der Waals surface area contributed by atoms with Crippen LogP contribution in [-0.4, -0.2) is 15.0 Å². The normalized spacial score (nSPS) is 10.2. The van der Waals surface area contributed by atoms with Gasteiger partial charge < -0.3 is 0 Å². The summed E-state index contributed by atoms with van der Waals surface area (Å²) in [5.41, 5.74) is 1.84. The van der Waals surface area contributed by atoms with Gasteiger partial charge in [0, 0.05) is 5.56 Å². The summed E-state index contributed by atoms with van der Waals surface area (Å²) in [5, 5.41) is 17.0. The Morgan fingerprint density at radius 1 is 1.05 bits per heavy atom. The van der Waals surface area contributed by atoms with Crippen molar-refractivity contribution < 1.29 is 4.39 Å². The Kier molecular flexibility index (Phi) is 2.98. The molecule has 0 radical (unpaired) electrons. The molecule has 0 aliphatic heterocycles. The molecule has 0 fully saturated rings. The summed E-state index contributed by atoms with van der Waals surface area (Å²) in [6, 6.07) is 15.8. The molecule has 3 rings (SSSR count). The molecule has 2 aromatic carbocycles. The fourth-order valence-electron chi connectivity index (χ4n) is 2.03. The van der Waals surface area contributed by atoms with Crippen molar-refractivity contribution in [2.75, 3.05) is 0 Å². The molecule has 1 heterocycles. The quantitative estimate of drug-likeness (QED) is 0.715. The second-order valence-corrected chi connectivity index (χ2v) is 4.14. The summed E-state index contributed by atoms with van der Waals surface area (Å²) in [6.45, 7) is 0. The molecule has 0 amide bonds. The predicted molar refractivity (Wildman–Crippen MR) is 71.5 cm³/mol. The van der Waals surface area contributed by atoms with Crippen LogP contribution in [0.2, 0.25) is 0 Å². The third kappa shape index (κ3) is 1.93. The fraction of sp³-hybridized carbons (Fsp3) is 0. The van der Waals surface area contributed by atoms with Crippen LogP contribution in [0.5, 0.6) is 0 Å². The Bertz CT molecular complexity index is 787. The Hall–Kier alpha value is -3.00. The molecule has 4 nitrogen and oxygen atoms in total. The number of para-hydroxylation sites is 1. The van der Waals surface area contributed by atoms with Gasteiger partial charge in [0.2, 0.25) is 0 Å². The minimum atomic E-state index is -0.550. The van der Waals surface area contributed by atoms with Crippen molar-refractivity contribution in [1.82, 2.24) is 15.0 Å². The molecule has 96 valence electrons. The van der Waals surface area contributed by atoms with E-state index in [-0.39, 0.29) is 5.56 Å². The summed E-state index contributed by atoms with van der Waals surface area (Å²) in [5.74, 6) is -0.550. The number of benzene rings is 2. The zero-order valence-electron chi connectivity index (χ0n) is 10.4. The number of rotatable bonds is 2. The van der Waals surface area contributed by atoms with E-state index in [0.717, 1.165) is 5.69 Å². The van der Waals surface area contributed by atoms with E-state index in [1.165, 1.54) is 12.3 Å². The molecule has 0 saturated carbocycles. The minimum Gasteiger partial charge on any atom is -0.213 e. The Morgan fingerprint density at radius 3 is 2.60 bits per heavy atom. The van der Waals surface area contributed by atoms with Crippen LogP contribution in [0, 0.1) is 17.1 Å². The summed E-state index contributed by atoms with van der Waals surface area (Å²) in [4.78, 5) is 0. The topological polar surface area (TPSA) is 54.5 Å². The summed E-state index contributed by atoms with van der Waals surface area (Å²) in [6.07, 6.45) is 1.52. The molecule has 0 unspecified atom stereocenters. The van der Waals surface area contributed by atoms with Gasteiger partial charge in [-0.2, -0.15) is 5.26 Å². The average molecular weight is 264 g/mol. The Balaban J connectivity index is 2.22. The number of nitriles is 1. The van der Waals surface area contributed by atoms with Crippen LogP contribution in [-0.2, 0) is 0 Å². The first-order valence-electron chi connectivity index (χ1n) is 5.96. The molecule has 3 aromatic rings. The highest BCUT2D eigenvalue weighted by molar-refractivity contribution is 5.68. The maximum absolute atomic E-state index is 13.7. The van der Waals surface area contributed by atoms with E-state index in [0.29, 0.717) is 11.3 Å². The van der Waals surface area contributed by atoms with Gasteiger partial charge in [0.25, 0.3) is 0 Å². The van der Waals surface area contributed by atoms with Crippen molar-refractivity contribution in [3.63, 3.8) is 0 Å². The van der Waals surface area contributed by atoms with Crippen molar-refractivity contribution in [2.24, 2.45) is 0 Å². The van der Waals surface area contributed by atoms with Gasteiger partial charge in [-0.25, -0.2) is 9.07 Å². The van der Waals surface area contributed by atoms with Gasteiger partial charge in [0.15, 0.2) is 0 Å². The molecule has 0 saturated heterocycles. The Labute approximate surface area is 114 Å². The maximum Gasteiger partial charge on any atom is 0.141 e. The van der Waals surface area contributed by atoms with Gasteiger partial charge in [-0.15, -0.1) is 5.10 Å². The van der Waals surface area contributed by atoms with Crippen LogP contribution in [0.25, 0.3) is 16.9 Å². The third-order valence-electron chi connectivity index (χ3n) is 2.95. The average Bonchev–Trinajstić information content (AvgIpc) is 2.97. The molecule has 0 bridgehead atoms. The van der Waals surface area contributed by atoms with Crippen molar-refractivity contribution in [2.45, 2.75) is 0 Å². The van der Waals surface area contributed by atoms with Gasteiger partial charge in [-0.1, -0.05) is 35.5 Å². The largest absolute Gasteiger partial charge is 0.213 e. The molecule has 5 heteroatoms. The predicted octanol–water partition coefficient (Wildman–Crippen LogP) is 2.95. The highest BCUT2D eigenvalue weighted by Crippen LogP contribution is 2.26. The molecular formula is C15H9FN4. The third-order valence-corrected chi connectivity index (χ3v) is 2.95. The van der Waals surface area contributed by atoms with Crippen LogP contribution in [0.3, 0.4) is 0 Å². The first-order valence-corrected chi connectivity index (χ1v) is 5.96. The highest BCUT2D eigenvalue weighted by Gasteiger charge is 2.15. The molecule has 0 atom stereocenters. The van der Waals surface area contributed by atoms with E-state index in [4.69, 9.17) is 5.26 Å². The molecule has 0 aliphatic rings. The van der Waals surface area contributed by atoms with Gasteiger partial charge >= 0.3 is 0 Å². The molecule has 0 spiro atoms. The summed E-state index contributed by atoms with van der Waals surface area (Å²) in [7, 11) is 0. The van der Waals surface area contributed by atoms with E-state index < -0.39 is 5.82 Å². The molecule has 0 N–H and O–H groups in total. The van der Waals surface area contributed by atoms with E-state index in [9.17, 15) is 4.39 Å². The monoisotopic (exact) mass is 264 g/mol. The maximum atomic E-state index is 13.7. The smallest absolute Gasteiger partial charge is 0.141 e. The number of hydrogen-bond acceptors (Lipinski definition) is 3. The zero-order chi connectivity index (χ0) is 13.9. The Morgan fingerprint density at radius 2 is 1.85 bits per heavy atom. The molecule has 1 aromatic heterocycles. The number of aromatic nitrogens is 3. The summed E-state index contributed by atoms with van der Waals surface area (Å²) >= 11 is 0. The van der Waals surface area contributed by atoms with Gasteiger partial charge in [-0.3, -0.25) is 0 Å². The minimum absolute atomic E-state index is 0.00742. The lowest BCUT2D eigenvalue weighted by molar-refractivity contribution is 0.624. The van der Waals surface area contributed by atoms with E-state index in [2.05, 4.69) is 10.3 Å². The first kappa shape index (κ1) is 12.1. The van der Waals surface area contributed by atoms with Crippen LogP contribution in [0.15, 0.2) is 54.7 Å². The second-order valence-electron chi connectivity index (χ2n) is 4.14.